The number of carbonyl (C=O) groups is 1. The molecule has 0 aliphatic rings. The zero-order valence-corrected chi connectivity index (χ0v) is 13.3. The molecule has 0 aliphatic carbocycles. The average molecular weight is 306 g/mol. The predicted molar refractivity (Wildman–Crippen MR) is 84.4 cm³/mol. The van der Waals surface area contributed by atoms with Crippen LogP contribution in [0.3, 0.4) is 0 Å². The normalized spacial score (nSPS) is 12.2. The zero-order chi connectivity index (χ0) is 15.4. The van der Waals surface area contributed by atoms with Crippen LogP contribution in [0.5, 0.6) is 0 Å². The van der Waals surface area contributed by atoms with Crippen LogP contribution in [0, 0.1) is 13.8 Å². The van der Waals surface area contributed by atoms with Crippen molar-refractivity contribution in [2.45, 2.75) is 39.7 Å². The molecule has 0 unspecified atom stereocenters. The molecule has 1 aromatic carbocycles. The number of amides is 1. The summed E-state index contributed by atoms with van der Waals surface area (Å²) < 4.78 is 0. The van der Waals surface area contributed by atoms with Crippen LogP contribution in [0.1, 0.15) is 41.9 Å². The first kappa shape index (κ1) is 15.6. The van der Waals surface area contributed by atoms with E-state index < -0.39 is 0 Å². The van der Waals surface area contributed by atoms with E-state index >= 15 is 0 Å². The summed E-state index contributed by atoms with van der Waals surface area (Å²) in [6.45, 7) is 5.92. The summed E-state index contributed by atoms with van der Waals surface area (Å²) in [5.74, 6) is 0.00229. The highest BCUT2D eigenvalue weighted by Gasteiger charge is 2.13. The van der Waals surface area contributed by atoms with Gasteiger partial charge in [0.05, 0.1) is 11.7 Å². The standard InChI is InChI=1S/C16H20ClN3O/c1-10-11(2)19-20-15(10)8-9-16(21)18-12(3)13-6-4-5-7-14(13)17/h4-7,12H,8-9H2,1-3H3,(H,18,21)(H,19,20)/t12-/m0/s1. The molecule has 2 aromatic rings. The van der Waals surface area contributed by atoms with Crippen LogP contribution in [0.2, 0.25) is 5.02 Å². The lowest BCUT2D eigenvalue weighted by Gasteiger charge is -2.15. The minimum atomic E-state index is -0.104. The van der Waals surface area contributed by atoms with E-state index in [0.29, 0.717) is 17.9 Å². The Labute approximate surface area is 129 Å². The highest BCUT2D eigenvalue weighted by Crippen LogP contribution is 2.22. The molecule has 1 amide bonds. The van der Waals surface area contributed by atoms with Crippen LogP contribution < -0.4 is 5.32 Å². The maximum Gasteiger partial charge on any atom is 0.220 e. The number of hydrogen-bond donors (Lipinski definition) is 2. The van der Waals surface area contributed by atoms with E-state index in [1.165, 1.54) is 0 Å². The summed E-state index contributed by atoms with van der Waals surface area (Å²) in [6.07, 6.45) is 1.05. The largest absolute Gasteiger partial charge is 0.350 e. The Morgan fingerprint density at radius 1 is 1.38 bits per heavy atom. The lowest BCUT2D eigenvalue weighted by molar-refractivity contribution is -0.121. The summed E-state index contributed by atoms with van der Waals surface area (Å²) in [5.41, 5.74) is 4.06. The highest BCUT2D eigenvalue weighted by molar-refractivity contribution is 6.31. The number of nitrogens with one attached hydrogen (secondary N) is 2. The Bertz CT molecular complexity index is 636. The van der Waals surface area contributed by atoms with Crippen LogP contribution >= 0.6 is 11.6 Å². The van der Waals surface area contributed by atoms with Crippen LogP contribution in [0.25, 0.3) is 0 Å². The third-order valence-corrected chi connectivity index (χ3v) is 4.04. The molecule has 112 valence electrons. The lowest BCUT2D eigenvalue weighted by atomic mass is 10.1. The molecule has 0 saturated carbocycles. The average Bonchev–Trinajstić information content (AvgIpc) is 2.77. The fourth-order valence-corrected chi connectivity index (χ4v) is 2.53. The van der Waals surface area contributed by atoms with Gasteiger partial charge in [-0.05, 0) is 38.0 Å². The molecule has 0 bridgehead atoms. The van der Waals surface area contributed by atoms with E-state index in [9.17, 15) is 4.79 Å². The van der Waals surface area contributed by atoms with Gasteiger partial charge in [-0.3, -0.25) is 9.89 Å². The van der Waals surface area contributed by atoms with Gasteiger partial charge in [0.2, 0.25) is 5.91 Å². The number of hydrogen-bond acceptors (Lipinski definition) is 2. The highest BCUT2D eigenvalue weighted by atomic mass is 35.5. The second-order valence-corrected chi connectivity index (χ2v) is 5.64. The van der Waals surface area contributed by atoms with Crippen molar-refractivity contribution in [1.29, 1.82) is 0 Å². The molecule has 21 heavy (non-hydrogen) atoms. The van der Waals surface area contributed by atoms with Crippen molar-refractivity contribution >= 4 is 17.5 Å². The van der Waals surface area contributed by atoms with Gasteiger partial charge < -0.3 is 5.32 Å². The van der Waals surface area contributed by atoms with Gasteiger partial charge in [-0.15, -0.1) is 0 Å². The summed E-state index contributed by atoms with van der Waals surface area (Å²) in [5, 5.41) is 10.8. The second-order valence-electron chi connectivity index (χ2n) is 5.23. The van der Waals surface area contributed by atoms with Crippen molar-refractivity contribution in [2.24, 2.45) is 0 Å². The summed E-state index contributed by atoms with van der Waals surface area (Å²) in [4.78, 5) is 12.0. The first-order valence-corrected chi connectivity index (χ1v) is 7.41. The molecule has 0 spiro atoms. The van der Waals surface area contributed by atoms with E-state index in [1.54, 1.807) is 0 Å². The van der Waals surface area contributed by atoms with Gasteiger partial charge in [0.25, 0.3) is 0 Å². The van der Waals surface area contributed by atoms with Gasteiger partial charge in [-0.2, -0.15) is 5.10 Å². The second kappa shape index (κ2) is 6.76. The number of H-pyrrole nitrogens is 1. The zero-order valence-electron chi connectivity index (χ0n) is 12.5. The number of benzene rings is 1. The monoisotopic (exact) mass is 305 g/mol. The van der Waals surface area contributed by atoms with Crippen molar-refractivity contribution < 1.29 is 4.79 Å². The number of nitrogens with zero attached hydrogens (tertiary/aromatic N) is 1. The first-order chi connectivity index (χ1) is 9.99. The summed E-state index contributed by atoms with van der Waals surface area (Å²) in [7, 11) is 0. The summed E-state index contributed by atoms with van der Waals surface area (Å²) >= 11 is 6.13. The summed E-state index contributed by atoms with van der Waals surface area (Å²) in [6, 6.07) is 7.44. The number of aromatic nitrogens is 2. The Morgan fingerprint density at radius 2 is 2.10 bits per heavy atom. The molecule has 1 atom stereocenters. The SMILES string of the molecule is Cc1[nH]nc(CCC(=O)N[C@@H](C)c2ccccc2Cl)c1C. The quantitative estimate of drug-likeness (QED) is 0.888. The molecular formula is C16H20ClN3O. The maximum absolute atomic E-state index is 12.0. The minimum Gasteiger partial charge on any atom is -0.350 e. The van der Waals surface area contributed by atoms with Gasteiger partial charge in [0.15, 0.2) is 0 Å². The van der Waals surface area contributed by atoms with Crippen LogP contribution in [0.15, 0.2) is 24.3 Å². The fraction of sp³-hybridized carbons (Fsp3) is 0.375. The molecular weight excluding hydrogens is 286 g/mol. The number of carbonyl (C=O) groups excluding carboxylic acids is 1. The topological polar surface area (TPSA) is 57.8 Å². The van der Waals surface area contributed by atoms with Crippen LogP contribution in [-0.2, 0) is 11.2 Å². The van der Waals surface area contributed by atoms with Crippen molar-refractivity contribution in [3.05, 3.63) is 51.8 Å². The molecule has 1 heterocycles. The third-order valence-electron chi connectivity index (χ3n) is 3.69. The molecule has 2 N–H and O–H groups in total. The van der Waals surface area contributed by atoms with Crippen LogP contribution in [-0.4, -0.2) is 16.1 Å². The van der Waals surface area contributed by atoms with Gasteiger partial charge in [-0.25, -0.2) is 0 Å². The van der Waals surface area contributed by atoms with E-state index in [2.05, 4.69) is 15.5 Å². The van der Waals surface area contributed by atoms with Crippen molar-refractivity contribution in [3.8, 4) is 0 Å². The minimum absolute atomic E-state index is 0.00229. The Kier molecular flexibility index (Phi) is 5.02. The van der Waals surface area contributed by atoms with E-state index in [-0.39, 0.29) is 11.9 Å². The predicted octanol–water partition coefficient (Wildman–Crippen LogP) is 3.49. The van der Waals surface area contributed by atoms with Gasteiger partial charge >= 0.3 is 0 Å². The van der Waals surface area contributed by atoms with E-state index in [4.69, 9.17) is 11.6 Å². The van der Waals surface area contributed by atoms with Gasteiger partial charge in [-0.1, -0.05) is 29.8 Å². The Morgan fingerprint density at radius 3 is 2.71 bits per heavy atom. The molecule has 1 aromatic heterocycles. The number of aryl methyl sites for hydroxylation is 2. The number of aromatic amines is 1. The Hall–Kier alpha value is -1.81. The van der Waals surface area contributed by atoms with Crippen molar-refractivity contribution in [1.82, 2.24) is 15.5 Å². The number of rotatable bonds is 5. The molecule has 0 aliphatic heterocycles. The molecule has 2 rings (SSSR count). The maximum atomic E-state index is 12.0. The first-order valence-electron chi connectivity index (χ1n) is 7.03. The van der Waals surface area contributed by atoms with Gasteiger partial charge in [0, 0.05) is 23.6 Å². The van der Waals surface area contributed by atoms with Crippen LogP contribution in [0.4, 0.5) is 0 Å². The molecule has 0 radical (unpaired) electrons. The van der Waals surface area contributed by atoms with Crippen molar-refractivity contribution in [3.63, 3.8) is 0 Å². The van der Waals surface area contributed by atoms with E-state index in [0.717, 1.165) is 22.5 Å². The number of halogens is 1. The fourth-order valence-electron chi connectivity index (χ4n) is 2.23. The third kappa shape index (κ3) is 3.85. The lowest BCUT2D eigenvalue weighted by Crippen LogP contribution is -2.27. The van der Waals surface area contributed by atoms with Crippen molar-refractivity contribution in [2.75, 3.05) is 0 Å². The molecule has 0 saturated heterocycles. The van der Waals surface area contributed by atoms with Gasteiger partial charge in [0.1, 0.15) is 0 Å². The molecule has 0 fully saturated rings. The van der Waals surface area contributed by atoms with E-state index in [1.807, 2.05) is 45.0 Å². The smallest absolute Gasteiger partial charge is 0.220 e. The molecule has 4 nitrogen and oxygen atoms in total. The Balaban J connectivity index is 1.90. The molecule has 5 heteroatoms.